The highest BCUT2D eigenvalue weighted by Crippen LogP contribution is 2.30. The van der Waals surface area contributed by atoms with Crippen LogP contribution in [0.2, 0.25) is 5.02 Å². The van der Waals surface area contributed by atoms with Crippen LogP contribution >= 0.6 is 11.6 Å². The lowest BCUT2D eigenvalue weighted by molar-refractivity contribution is 0.330. The molecule has 0 aliphatic carbocycles. The van der Waals surface area contributed by atoms with Gasteiger partial charge in [-0.25, -0.2) is 13.1 Å². The molecule has 0 saturated heterocycles. The molecule has 0 spiro atoms. The Balaban J connectivity index is 2.30. The minimum atomic E-state index is -3.71. The zero-order valence-corrected chi connectivity index (χ0v) is 14.0. The monoisotopic (exact) mass is 339 g/mol. The van der Waals surface area contributed by atoms with E-state index in [2.05, 4.69) is 4.72 Å². The highest BCUT2D eigenvalue weighted by molar-refractivity contribution is 7.89. The van der Waals surface area contributed by atoms with Crippen LogP contribution in [0.1, 0.15) is 18.1 Å². The summed E-state index contributed by atoms with van der Waals surface area (Å²) in [5.41, 5.74) is 1.65. The van der Waals surface area contributed by atoms with Gasteiger partial charge in [-0.15, -0.1) is 0 Å². The van der Waals surface area contributed by atoms with E-state index >= 15 is 0 Å². The van der Waals surface area contributed by atoms with Crippen molar-refractivity contribution < 1.29 is 13.2 Å². The fourth-order valence-corrected chi connectivity index (χ4v) is 3.36. The first kappa shape index (κ1) is 16.8. The number of halogens is 1. The first-order chi connectivity index (χ1) is 10.4. The summed E-state index contributed by atoms with van der Waals surface area (Å²) in [5.74, 6) is 0.310. The average Bonchev–Trinajstić information content (AvgIpc) is 2.50. The Morgan fingerprint density at radius 2 is 1.86 bits per heavy atom. The fraction of sp³-hybridized carbons (Fsp3) is 0.250. The third-order valence-electron chi connectivity index (χ3n) is 3.12. The highest BCUT2D eigenvalue weighted by atomic mass is 35.5. The molecule has 0 saturated carbocycles. The largest absolute Gasteiger partial charge is 0.492 e. The Labute approximate surface area is 136 Å². The molecule has 4 nitrogen and oxygen atoms in total. The molecule has 22 heavy (non-hydrogen) atoms. The second-order valence-electron chi connectivity index (χ2n) is 4.79. The summed E-state index contributed by atoms with van der Waals surface area (Å²) < 4.78 is 33.0. The molecule has 0 unspecified atom stereocenters. The number of hydrogen-bond donors (Lipinski definition) is 1. The van der Waals surface area contributed by atoms with E-state index in [9.17, 15) is 8.42 Å². The quantitative estimate of drug-likeness (QED) is 0.876. The molecule has 0 aliphatic rings. The van der Waals surface area contributed by atoms with Gasteiger partial charge >= 0.3 is 0 Å². The SMILES string of the molecule is CCOc1cc(C)c(Cl)cc1S(=O)(=O)NCc1ccccc1. The lowest BCUT2D eigenvalue weighted by atomic mass is 10.2. The van der Waals surface area contributed by atoms with Gasteiger partial charge in [-0.2, -0.15) is 0 Å². The Bertz CT molecular complexity index is 745. The van der Waals surface area contributed by atoms with Crippen molar-refractivity contribution in [1.29, 1.82) is 0 Å². The van der Waals surface area contributed by atoms with Crippen LogP contribution in [0.5, 0.6) is 5.75 Å². The first-order valence-electron chi connectivity index (χ1n) is 6.90. The summed E-state index contributed by atoms with van der Waals surface area (Å²) >= 11 is 6.06. The van der Waals surface area contributed by atoms with Gasteiger partial charge in [-0.05, 0) is 37.1 Å². The lowest BCUT2D eigenvalue weighted by Crippen LogP contribution is -2.24. The van der Waals surface area contributed by atoms with E-state index in [0.29, 0.717) is 17.4 Å². The van der Waals surface area contributed by atoms with E-state index in [-0.39, 0.29) is 11.4 Å². The molecule has 2 aromatic rings. The molecule has 0 bridgehead atoms. The van der Waals surface area contributed by atoms with Crippen LogP contribution in [0.15, 0.2) is 47.4 Å². The minimum absolute atomic E-state index is 0.0564. The Hall–Kier alpha value is -1.56. The predicted octanol–water partition coefficient (Wildman–Crippen LogP) is 3.53. The van der Waals surface area contributed by atoms with Gasteiger partial charge in [0.1, 0.15) is 10.6 Å². The number of aryl methyl sites for hydroxylation is 1. The molecule has 0 radical (unpaired) electrons. The van der Waals surface area contributed by atoms with E-state index < -0.39 is 10.0 Å². The van der Waals surface area contributed by atoms with Gasteiger partial charge in [-0.1, -0.05) is 41.9 Å². The zero-order valence-electron chi connectivity index (χ0n) is 12.5. The molecule has 0 aromatic heterocycles. The number of rotatable bonds is 6. The van der Waals surface area contributed by atoms with E-state index in [1.165, 1.54) is 6.07 Å². The summed E-state index contributed by atoms with van der Waals surface area (Å²) in [6.45, 7) is 4.19. The first-order valence-corrected chi connectivity index (χ1v) is 8.76. The van der Waals surface area contributed by atoms with Gasteiger partial charge in [0.05, 0.1) is 6.61 Å². The summed E-state index contributed by atoms with van der Waals surface area (Å²) in [6.07, 6.45) is 0. The van der Waals surface area contributed by atoms with Crippen molar-refractivity contribution in [2.45, 2.75) is 25.3 Å². The van der Waals surface area contributed by atoms with Gasteiger partial charge in [0.2, 0.25) is 10.0 Å². The molecule has 0 aliphatic heterocycles. The maximum atomic E-state index is 12.5. The Kier molecular flexibility index (Phi) is 5.45. The molecule has 2 aromatic carbocycles. The maximum absolute atomic E-state index is 12.5. The molecule has 6 heteroatoms. The predicted molar refractivity (Wildman–Crippen MR) is 87.8 cm³/mol. The molecular formula is C16H18ClNO3S. The van der Waals surface area contributed by atoms with Crippen LogP contribution in [0.25, 0.3) is 0 Å². The second kappa shape index (κ2) is 7.13. The minimum Gasteiger partial charge on any atom is -0.492 e. The van der Waals surface area contributed by atoms with E-state index in [4.69, 9.17) is 16.3 Å². The molecule has 118 valence electrons. The van der Waals surface area contributed by atoms with Crippen molar-refractivity contribution in [2.75, 3.05) is 6.61 Å². The molecule has 1 N–H and O–H groups in total. The Morgan fingerprint density at radius 1 is 1.18 bits per heavy atom. The van der Waals surface area contributed by atoms with Crippen LogP contribution in [0, 0.1) is 6.92 Å². The van der Waals surface area contributed by atoms with Crippen molar-refractivity contribution in [3.63, 3.8) is 0 Å². The van der Waals surface area contributed by atoms with Gasteiger partial charge in [0.25, 0.3) is 0 Å². The van der Waals surface area contributed by atoms with Crippen LogP contribution < -0.4 is 9.46 Å². The summed E-state index contributed by atoms with van der Waals surface area (Å²) in [5, 5.41) is 0.392. The summed E-state index contributed by atoms with van der Waals surface area (Å²) in [7, 11) is -3.71. The molecule has 0 fully saturated rings. The third kappa shape index (κ3) is 4.00. The maximum Gasteiger partial charge on any atom is 0.244 e. The topological polar surface area (TPSA) is 55.4 Å². The van der Waals surface area contributed by atoms with E-state index in [1.54, 1.807) is 19.9 Å². The van der Waals surface area contributed by atoms with Crippen molar-refractivity contribution in [3.8, 4) is 5.75 Å². The van der Waals surface area contributed by atoms with Crippen LogP contribution in [-0.2, 0) is 16.6 Å². The van der Waals surface area contributed by atoms with Crippen molar-refractivity contribution in [2.24, 2.45) is 0 Å². The molecule has 0 atom stereocenters. The van der Waals surface area contributed by atoms with Crippen LogP contribution in [0.4, 0.5) is 0 Å². The molecular weight excluding hydrogens is 322 g/mol. The van der Waals surface area contributed by atoms with Crippen molar-refractivity contribution in [3.05, 3.63) is 58.6 Å². The number of benzene rings is 2. The van der Waals surface area contributed by atoms with Crippen LogP contribution in [0.3, 0.4) is 0 Å². The van der Waals surface area contributed by atoms with Crippen molar-refractivity contribution in [1.82, 2.24) is 4.72 Å². The lowest BCUT2D eigenvalue weighted by Gasteiger charge is -2.13. The zero-order chi connectivity index (χ0) is 16.2. The number of nitrogens with one attached hydrogen (secondary N) is 1. The highest BCUT2D eigenvalue weighted by Gasteiger charge is 2.21. The normalized spacial score (nSPS) is 11.4. The van der Waals surface area contributed by atoms with E-state index in [1.807, 2.05) is 30.3 Å². The van der Waals surface area contributed by atoms with Gasteiger partial charge in [0, 0.05) is 11.6 Å². The number of hydrogen-bond acceptors (Lipinski definition) is 3. The van der Waals surface area contributed by atoms with Gasteiger partial charge in [0.15, 0.2) is 0 Å². The number of sulfonamides is 1. The fourth-order valence-electron chi connectivity index (χ4n) is 1.97. The van der Waals surface area contributed by atoms with E-state index in [0.717, 1.165) is 11.1 Å². The van der Waals surface area contributed by atoms with Crippen LogP contribution in [-0.4, -0.2) is 15.0 Å². The average molecular weight is 340 g/mol. The second-order valence-corrected chi connectivity index (χ2v) is 6.93. The Morgan fingerprint density at radius 3 is 2.50 bits per heavy atom. The molecule has 0 heterocycles. The number of ether oxygens (including phenoxy) is 1. The van der Waals surface area contributed by atoms with Crippen molar-refractivity contribution >= 4 is 21.6 Å². The van der Waals surface area contributed by atoms with Gasteiger partial charge < -0.3 is 4.74 Å². The summed E-state index contributed by atoms with van der Waals surface area (Å²) in [6, 6.07) is 12.4. The standard InChI is InChI=1S/C16H18ClNO3S/c1-3-21-15-9-12(2)14(17)10-16(15)22(19,20)18-11-13-7-5-4-6-8-13/h4-10,18H,3,11H2,1-2H3. The smallest absolute Gasteiger partial charge is 0.244 e. The third-order valence-corrected chi connectivity index (χ3v) is 4.95. The summed E-state index contributed by atoms with van der Waals surface area (Å²) in [4.78, 5) is 0.0564. The molecule has 2 rings (SSSR count). The van der Waals surface area contributed by atoms with Gasteiger partial charge in [-0.3, -0.25) is 0 Å². The molecule has 0 amide bonds.